The van der Waals surface area contributed by atoms with Crippen LogP contribution in [-0.2, 0) is 11.2 Å². The summed E-state index contributed by atoms with van der Waals surface area (Å²) >= 11 is 0. The molecule has 0 bridgehead atoms. The van der Waals surface area contributed by atoms with E-state index in [1.54, 1.807) is 4.90 Å². The Kier molecular flexibility index (Phi) is 3.27. The first-order chi connectivity index (χ1) is 8.09. The number of carbonyl (C=O) groups excluding carboxylic acids is 2. The smallest absolute Gasteiger partial charge is 0.254 e. The number of fused-ring (bicyclic) bond motifs is 1. The Labute approximate surface area is 101 Å². The number of benzene rings is 1. The van der Waals surface area contributed by atoms with Gasteiger partial charge in [-0.25, -0.2) is 0 Å². The number of amides is 1. The van der Waals surface area contributed by atoms with Gasteiger partial charge in [-0.05, 0) is 18.1 Å². The molecular formula is C14H17NO2. The predicted molar refractivity (Wildman–Crippen MR) is 65.9 cm³/mol. The van der Waals surface area contributed by atoms with Gasteiger partial charge in [0, 0.05) is 18.0 Å². The number of hydrogen-bond donors (Lipinski definition) is 0. The first kappa shape index (κ1) is 11.8. The molecule has 1 amide bonds. The third kappa shape index (κ3) is 2.38. The van der Waals surface area contributed by atoms with Crippen molar-refractivity contribution in [2.75, 3.05) is 13.1 Å². The van der Waals surface area contributed by atoms with Crippen molar-refractivity contribution in [3.8, 4) is 0 Å². The van der Waals surface area contributed by atoms with Crippen LogP contribution in [0.25, 0.3) is 0 Å². The van der Waals surface area contributed by atoms with Crippen LogP contribution in [0.1, 0.15) is 29.8 Å². The van der Waals surface area contributed by atoms with E-state index >= 15 is 0 Å². The third-order valence-electron chi connectivity index (χ3n) is 3.18. The SMILES string of the molecule is CC(C)C(=O)CN1CCc2ccccc2C1=O. The average molecular weight is 231 g/mol. The monoisotopic (exact) mass is 231 g/mol. The van der Waals surface area contributed by atoms with Crippen molar-refractivity contribution in [1.82, 2.24) is 4.90 Å². The van der Waals surface area contributed by atoms with Gasteiger partial charge in [0.15, 0.2) is 5.78 Å². The minimum Gasteiger partial charge on any atom is -0.331 e. The molecule has 0 saturated carbocycles. The number of ketones is 1. The van der Waals surface area contributed by atoms with Crippen LogP contribution in [0.3, 0.4) is 0 Å². The minimum atomic E-state index is -0.0139. The van der Waals surface area contributed by atoms with Gasteiger partial charge in [0.05, 0.1) is 6.54 Å². The van der Waals surface area contributed by atoms with Crippen molar-refractivity contribution in [3.63, 3.8) is 0 Å². The molecule has 0 spiro atoms. The maximum absolute atomic E-state index is 12.1. The Bertz CT molecular complexity index is 451. The summed E-state index contributed by atoms with van der Waals surface area (Å²) in [6.07, 6.45) is 0.841. The molecule has 0 saturated heterocycles. The normalized spacial score (nSPS) is 15.0. The van der Waals surface area contributed by atoms with E-state index in [1.807, 2.05) is 38.1 Å². The maximum atomic E-state index is 12.1. The van der Waals surface area contributed by atoms with Crippen LogP contribution in [0.5, 0.6) is 0 Å². The topological polar surface area (TPSA) is 37.4 Å². The van der Waals surface area contributed by atoms with Crippen molar-refractivity contribution in [3.05, 3.63) is 35.4 Å². The molecule has 3 heteroatoms. The van der Waals surface area contributed by atoms with Crippen LogP contribution in [0, 0.1) is 5.92 Å². The van der Waals surface area contributed by atoms with Crippen LogP contribution >= 0.6 is 0 Å². The van der Waals surface area contributed by atoms with Gasteiger partial charge in [-0.15, -0.1) is 0 Å². The summed E-state index contributed by atoms with van der Waals surface area (Å²) in [6, 6.07) is 7.63. The number of carbonyl (C=O) groups is 2. The van der Waals surface area contributed by atoms with Crippen LogP contribution in [-0.4, -0.2) is 29.7 Å². The second kappa shape index (κ2) is 4.70. The molecule has 0 unspecified atom stereocenters. The Hall–Kier alpha value is -1.64. The van der Waals surface area contributed by atoms with E-state index in [1.165, 1.54) is 0 Å². The number of Topliss-reactive ketones (excluding diaryl/α,β-unsaturated/α-hetero) is 1. The summed E-state index contributed by atoms with van der Waals surface area (Å²) in [5, 5.41) is 0. The average Bonchev–Trinajstić information content (AvgIpc) is 2.33. The summed E-state index contributed by atoms with van der Waals surface area (Å²) in [5.41, 5.74) is 1.83. The lowest BCUT2D eigenvalue weighted by Crippen LogP contribution is -2.41. The van der Waals surface area contributed by atoms with Crippen LogP contribution in [0.4, 0.5) is 0 Å². The Morgan fingerprint density at radius 2 is 2.06 bits per heavy atom. The molecule has 0 atom stereocenters. The molecule has 0 aromatic heterocycles. The minimum absolute atomic E-state index is 0.0131. The quantitative estimate of drug-likeness (QED) is 0.797. The summed E-state index contributed by atoms with van der Waals surface area (Å²) < 4.78 is 0. The largest absolute Gasteiger partial charge is 0.331 e. The fourth-order valence-electron chi connectivity index (χ4n) is 2.00. The molecule has 3 nitrogen and oxygen atoms in total. The number of hydrogen-bond acceptors (Lipinski definition) is 2. The lowest BCUT2D eigenvalue weighted by atomic mass is 9.98. The molecule has 0 aliphatic carbocycles. The van der Waals surface area contributed by atoms with Crippen molar-refractivity contribution in [1.29, 1.82) is 0 Å². The molecule has 17 heavy (non-hydrogen) atoms. The Morgan fingerprint density at radius 3 is 2.76 bits per heavy atom. The van der Waals surface area contributed by atoms with Gasteiger partial charge in [-0.2, -0.15) is 0 Å². The first-order valence-electron chi connectivity index (χ1n) is 5.99. The number of nitrogens with zero attached hydrogens (tertiary/aromatic N) is 1. The lowest BCUT2D eigenvalue weighted by molar-refractivity contribution is -0.122. The van der Waals surface area contributed by atoms with Crippen molar-refractivity contribution >= 4 is 11.7 Å². The van der Waals surface area contributed by atoms with Crippen LogP contribution in [0.15, 0.2) is 24.3 Å². The van der Waals surface area contributed by atoms with E-state index in [2.05, 4.69) is 0 Å². The summed E-state index contributed by atoms with van der Waals surface area (Å²) in [5.74, 6) is 0.0959. The van der Waals surface area contributed by atoms with Crippen molar-refractivity contribution in [2.24, 2.45) is 5.92 Å². The molecule has 0 radical (unpaired) electrons. The summed E-state index contributed by atoms with van der Waals surface area (Å²) in [4.78, 5) is 25.5. The molecule has 1 aliphatic rings. The van der Waals surface area contributed by atoms with Crippen LogP contribution in [0.2, 0.25) is 0 Å². The third-order valence-corrected chi connectivity index (χ3v) is 3.18. The van der Waals surface area contributed by atoms with E-state index in [4.69, 9.17) is 0 Å². The van der Waals surface area contributed by atoms with E-state index in [9.17, 15) is 9.59 Å². The highest BCUT2D eigenvalue weighted by molar-refractivity contribution is 5.99. The van der Waals surface area contributed by atoms with Crippen molar-refractivity contribution < 1.29 is 9.59 Å². The van der Waals surface area contributed by atoms with E-state index < -0.39 is 0 Å². The second-order valence-electron chi connectivity index (χ2n) is 4.75. The first-order valence-corrected chi connectivity index (χ1v) is 5.99. The van der Waals surface area contributed by atoms with Gasteiger partial charge in [0.25, 0.3) is 5.91 Å². The zero-order chi connectivity index (χ0) is 12.4. The molecule has 1 aromatic rings. The van der Waals surface area contributed by atoms with Gasteiger partial charge in [0.2, 0.25) is 0 Å². The molecule has 1 aliphatic heterocycles. The summed E-state index contributed by atoms with van der Waals surface area (Å²) in [6.45, 7) is 4.62. The zero-order valence-corrected chi connectivity index (χ0v) is 10.3. The van der Waals surface area contributed by atoms with Gasteiger partial charge in [-0.3, -0.25) is 9.59 Å². The predicted octanol–water partition coefficient (Wildman–Crippen LogP) is 1.91. The second-order valence-corrected chi connectivity index (χ2v) is 4.75. The van der Waals surface area contributed by atoms with Crippen molar-refractivity contribution in [2.45, 2.75) is 20.3 Å². The standard InChI is InChI=1S/C14H17NO2/c1-10(2)13(16)9-15-8-7-11-5-3-4-6-12(11)14(15)17/h3-6,10H,7-9H2,1-2H3. The summed E-state index contributed by atoms with van der Waals surface area (Å²) in [7, 11) is 0. The Morgan fingerprint density at radius 1 is 1.35 bits per heavy atom. The highest BCUT2D eigenvalue weighted by Gasteiger charge is 2.25. The van der Waals surface area contributed by atoms with Gasteiger partial charge >= 0.3 is 0 Å². The van der Waals surface area contributed by atoms with E-state index in [0.717, 1.165) is 17.5 Å². The van der Waals surface area contributed by atoms with Gasteiger partial charge < -0.3 is 4.90 Å². The zero-order valence-electron chi connectivity index (χ0n) is 10.3. The fourth-order valence-corrected chi connectivity index (χ4v) is 2.00. The highest BCUT2D eigenvalue weighted by atomic mass is 16.2. The molecule has 1 aromatic carbocycles. The fraction of sp³-hybridized carbons (Fsp3) is 0.429. The molecule has 0 fully saturated rings. The van der Waals surface area contributed by atoms with Gasteiger partial charge in [0.1, 0.15) is 0 Å². The molecule has 0 N–H and O–H groups in total. The molecule has 1 heterocycles. The van der Waals surface area contributed by atoms with E-state index in [-0.39, 0.29) is 24.2 Å². The molecule has 2 rings (SSSR count). The Balaban J connectivity index is 2.15. The lowest BCUT2D eigenvalue weighted by Gasteiger charge is -2.28. The molecular weight excluding hydrogens is 214 g/mol. The molecule has 90 valence electrons. The maximum Gasteiger partial charge on any atom is 0.254 e. The van der Waals surface area contributed by atoms with E-state index in [0.29, 0.717) is 6.54 Å². The number of rotatable bonds is 3. The van der Waals surface area contributed by atoms with Crippen LogP contribution < -0.4 is 0 Å². The van der Waals surface area contributed by atoms with Gasteiger partial charge in [-0.1, -0.05) is 32.0 Å². The highest BCUT2D eigenvalue weighted by Crippen LogP contribution is 2.18.